The highest BCUT2D eigenvalue weighted by atomic mass is 32.1. The number of aromatic amines is 1. The van der Waals surface area contributed by atoms with Gasteiger partial charge in [-0.15, -0.1) is 0 Å². The molecule has 0 saturated heterocycles. The molecule has 0 aliphatic heterocycles. The molecule has 0 spiro atoms. The van der Waals surface area contributed by atoms with E-state index in [2.05, 4.69) is 20.3 Å². The molecular formula is C16H15N5O3S. The number of aromatic hydroxyl groups is 1. The minimum absolute atomic E-state index is 0.0699. The van der Waals surface area contributed by atoms with Crippen molar-refractivity contribution in [2.45, 2.75) is 0 Å². The Balaban J connectivity index is 2.01. The Hall–Kier alpha value is -3.20. The Morgan fingerprint density at radius 2 is 1.84 bits per heavy atom. The molecule has 0 fully saturated rings. The van der Waals surface area contributed by atoms with Crippen LogP contribution < -0.4 is 9.47 Å². The summed E-state index contributed by atoms with van der Waals surface area (Å²) in [6.07, 6.45) is 4.90. The first-order valence-electron chi connectivity index (χ1n) is 7.21. The number of aromatic nitrogens is 4. The van der Waals surface area contributed by atoms with Crippen LogP contribution in [0.1, 0.15) is 5.56 Å². The number of phenols is 1. The maximum atomic E-state index is 9.97. The molecule has 0 aliphatic rings. The number of nitrogens with one attached hydrogen (secondary N) is 1. The lowest BCUT2D eigenvalue weighted by Crippen LogP contribution is -1.96. The largest absolute Gasteiger partial charge is 0.502 e. The number of methoxy groups -OCH3 is 2. The molecule has 0 saturated carbocycles. The molecule has 0 unspecified atom stereocenters. The van der Waals surface area contributed by atoms with Crippen molar-refractivity contribution < 1.29 is 14.6 Å². The second kappa shape index (κ2) is 7.14. The Labute approximate surface area is 148 Å². The molecule has 0 amide bonds. The van der Waals surface area contributed by atoms with Crippen LogP contribution in [0.5, 0.6) is 17.2 Å². The lowest BCUT2D eigenvalue weighted by Gasteiger charge is -2.09. The monoisotopic (exact) mass is 357 g/mol. The van der Waals surface area contributed by atoms with Crippen LogP contribution >= 0.6 is 12.2 Å². The number of hydrogen-bond acceptors (Lipinski definition) is 7. The van der Waals surface area contributed by atoms with Crippen molar-refractivity contribution in [3.05, 3.63) is 47.0 Å². The summed E-state index contributed by atoms with van der Waals surface area (Å²) in [5, 5.41) is 21.3. The first kappa shape index (κ1) is 16.7. The predicted octanol–water partition coefficient (Wildman–Crippen LogP) is 2.61. The molecule has 25 heavy (non-hydrogen) atoms. The third kappa shape index (κ3) is 3.36. The molecule has 0 bridgehead atoms. The van der Waals surface area contributed by atoms with E-state index in [9.17, 15) is 5.11 Å². The molecule has 2 aromatic heterocycles. The standard InChI is InChI=1S/C16H15N5O3S/c1-23-12-7-10(8-13(24-2)14(12)22)9-18-21-15(19-20-16(21)25)11-3-5-17-6-4-11/h3-9,22H,1-2H3,(H,20,25)/b18-9+. The van der Waals surface area contributed by atoms with Crippen LogP contribution in [0.3, 0.4) is 0 Å². The number of rotatable bonds is 5. The molecule has 1 aromatic carbocycles. The van der Waals surface area contributed by atoms with Crippen molar-refractivity contribution in [3.8, 4) is 28.6 Å². The minimum atomic E-state index is -0.0699. The Kier molecular flexibility index (Phi) is 4.75. The van der Waals surface area contributed by atoms with Crippen molar-refractivity contribution >= 4 is 18.4 Å². The van der Waals surface area contributed by atoms with E-state index in [4.69, 9.17) is 21.7 Å². The number of hydrogen-bond donors (Lipinski definition) is 2. The summed E-state index contributed by atoms with van der Waals surface area (Å²) in [6, 6.07) is 6.89. The van der Waals surface area contributed by atoms with Gasteiger partial charge in [-0.05, 0) is 36.5 Å². The molecule has 3 rings (SSSR count). The zero-order valence-electron chi connectivity index (χ0n) is 13.5. The van der Waals surface area contributed by atoms with E-state index in [1.807, 2.05) is 12.1 Å². The van der Waals surface area contributed by atoms with E-state index < -0.39 is 0 Å². The summed E-state index contributed by atoms with van der Waals surface area (Å²) >= 11 is 5.23. The van der Waals surface area contributed by atoms with Crippen LogP contribution in [0.2, 0.25) is 0 Å². The number of nitrogens with zero attached hydrogens (tertiary/aromatic N) is 4. The lowest BCUT2D eigenvalue weighted by molar-refractivity contribution is 0.340. The normalized spacial score (nSPS) is 11.0. The zero-order chi connectivity index (χ0) is 17.8. The molecule has 8 nitrogen and oxygen atoms in total. The van der Waals surface area contributed by atoms with Gasteiger partial charge in [0.1, 0.15) is 0 Å². The number of ether oxygens (including phenoxy) is 2. The van der Waals surface area contributed by atoms with Crippen LogP contribution in [-0.4, -0.2) is 45.4 Å². The van der Waals surface area contributed by atoms with E-state index in [0.717, 1.165) is 5.56 Å². The summed E-state index contributed by atoms with van der Waals surface area (Å²) in [5.41, 5.74) is 1.48. The topological polar surface area (TPSA) is 97.6 Å². The Bertz CT molecular complexity index is 940. The molecule has 0 radical (unpaired) electrons. The van der Waals surface area contributed by atoms with Gasteiger partial charge >= 0.3 is 0 Å². The van der Waals surface area contributed by atoms with E-state index in [1.165, 1.54) is 18.9 Å². The lowest BCUT2D eigenvalue weighted by atomic mass is 10.2. The minimum Gasteiger partial charge on any atom is -0.502 e. The van der Waals surface area contributed by atoms with Gasteiger partial charge in [-0.2, -0.15) is 14.9 Å². The molecule has 9 heteroatoms. The second-order valence-corrected chi connectivity index (χ2v) is 5.31. The first-order chi connectivity index (χ1) is 12.1. The van der Waals surface area contributed by atoms with Crippen LogP contribution in [0.25, 0.3) is 11.4 Å². The van der Waals surface area contributed by atoms with Crippen LogP contribution in [0.15, 0.2) is 41.8 Å². The summed E-state index contributed by atoms with van der Waals surface area (Å²) in [5.74, 6) is 1.05. The molecular weight excluding hydrogens is 342 g/mol. The van der Waals surface area contributed by atoms with Crippen LogP contribution in [0.4, 0.5) is 0 Å². The fourth-order valence-electron chi connectivity index (χ4n) is 2.20. The fraction of sp³-hybridized carbons (Fsp3) is 0.125. The zero-order valence-corrected chi connectivity index (χ0v) is 14.3. The van der Waals surface area contributed by atoms with Crippen molar-refractivity contribution in [2.24, 2.45) is 5.10 Å². The van der Waals surface area contributed by atoms with Gasteiger partial charge in [0.2, 0.25) is 10.5 Å². The molecule has 0 atom stereocenters. The van der Waals surface area contributed by atoms with Crippen LogP contribution in [0, 0.1) is 4.77 Å². The smallest absolute Gasteiger partial charge is 0.216 e. The van der Waals surface area contributed by atoms with Gasteiger partial charge in [0.15, 0.2) is 17.3 Å². The van der Waals surface area contributed by atoms with Crippen molar-refractivity contribution in [1.29, 1.82) is 0 Å². The first-order valence-corrected chi connectivity index (χ1v) is 7.62. The van der Waals surface area contributed by atoms with Crippen molar-refractivity contribution in [2.75, 3.05) is 14.2 Å². The van der Waals surface area contributed by atoms with Gasteiger partial charge in [-0.25, -0.2) is 5.10 Å². The number of pyridine rings is 1. The van der Waals surface area contributed by atoms with Crippen molar-refractivity contribution in [1.82, 2.24) is 19.9 Å². The van der Waals surface area contributed by atoms with Crippen LogP contribution in [-0.2, 0) is 0 Å². The molecule has 2 heterocycles. The van der Waals surface area contributed by atoms with E-state index in [1.54, 1.807) is 30.7 Å². The maximum absolute atomic E-state index is 9.97. The Morgan fingerprint density at radius 3 is 2.44 bits per heavy atom. The van der Waals surface area contributed by atoms with Gasteiger partial charge in [0.25, 0.3) is 0 Å². The highest BCUT2D eigenvalue weighted by Crippen LogP contribution is 2.36. The highest BCUT2D eigenvalue weighted by molar-refractivity contribution is 7.71. The second-order valence-electron chi connectivity index (χ2n) is 4.92. The van der Waals surface area contributed by atoms with E-state index in [-0.39, 0.29) is 17.2 Å². The summed E-state index contributed by atoms with van der Waals surface area (Å²) < 4.78 is 12.1. The van der Waals surface area contributed by atoms with E-state index in [0.29, 0.717) is 16.2 Å². The van der Waals surface area contributed by atoms with Gasteiger partial charge in [-0.3, -0.25) is 4.98 Å². The number of H-pyrrole nitrogens is 1. The highest BCUT2D eigenvalue weighted by Gasteiger charge is 2.11. The van der Waals surface area contributed by atoms with Gasteiger partial charge < -0.3 is 14.6 Å². The quantitative estimate of drug-likeness (QED) is 0.538. The third-order valence-corrected chi connectivity index (χ3v) is 3.68. The maximum Gasteiger partial charge on any atom is 0.216 e. The van der Waals surface area contributed by atoms with E-state index >= 15 is 0 Å². The fourth-order valence-corrected chi connectivity index (χ4v) is 2.38. The van der Waals surface area contributed by atoms with Gasteiger partial charge in [0.05, 0.1) is 20.4 Å². The third-order valence-electron chi connectivity index (χ3n) is 3.41. The summed E-state index contributed by atoms with van der Waals surface area (Å²) in [4.78, 5) is 3.98. The number of phenolic OH excluding ortho intramolecular Hbond substituents is 1. The molecule has 3 aromatic rings. The number of benzene rings is 1. The summed E-state index contributed by atoms with van der Waals surface area (Å²) in [6.45, 7) is 0. The molecule has 2 N–H and O–H groups in total. The Morgan fingerprint density at radius 1 is 1.20 bits per heavy atom. The van der Waals surface area contributed by atoms with Gasteiger partial charge in [-0.1, -0.05) is 0 Å². The SMILES string of the molecule is COc1cc(/C=N/n2c(-c3ccncc3)n[nH]c2=S)cc(OC)c1O. The molecule has 128 valence electrons. The molecule has 0 aliphatic carbocycles. The van der Waals surface area contributed by atoms with Crippen molar-refractivity contribution in [3.63, 3.8) is 0 Å². The average molecular weight is 357 g/mol. The summed E-state index contributed by atoms with van der Waals surface area (Å²) in [7, 11) is 2.92. The predicted molar refractivity (Wildman–Crippen MR) is 94.8 cm³/mol. The average Bonchev–Trinajstić information content (AvgIpc) is 3.02. The van der Waals surface area contributed by atoms with Gasteiger partial charge in [0, 0.05) is 23.5 Å².